The average molecular weight is 181 g/mol. The summed E-state index contributed by atoms with van der Waals surface area (Å²) in [7, 11) is 1.56. The van der Waals surface area contributed by atoms with Gasteiger partial charge in [0.25, 0.3) is 0 Å². The van der Waals surface area contributed by atoms with Crippen LogP contribution in [0, 0.1) is 0 Å². The van der Waals surface area contributed by atoms with Crippen LogP contribution in [0.4, 0.5) is 0 Å². The van der Waals surface area contributed by atoms with E-state index >= 15 is 0 Å². The first-order valence-corrected chi connectivity index (χ1v) is 3.96. The van der Waals surface area contributed by atoms with Gasteiger partial charge in [0.2, 0.25) is 5.91 Å². The van der Waals surface area contributed by atoms with E-state index in [1.165, 1.54) is 10.8 Å². The second-order valence-electron chi connectivity index (χ2n) is 2.52. The first-order valence-electron chi connectivity index (χ1n) is 3.96. The number of hydrogen-bond acceptors (Lipinski definition) is 3. The van der Waals surface area contributed by atoms with E-state index in [-0.39, 0.29) is 11.6 Å². The third kappa shape index (κ3) is 2.70. The highest BCUT2D eigenvalue weighted by atomic mass is 16.2. The maximum Gasteiger partial charge on any atom is 0.347 e. The van der Waals surface area contributed by atoms with Crippen LogP contribution in [0.5, 0.6) is 0 Å². The zero-order valence-electron chi connectivity index (χ0n) is 7.36. The molecule has 0 unspecified atom stereocenters. The quantitative estimate of drug-likeness (QED) is 0.675. The second-order valence-corrected chi connectivity index (χ2v) is 2.52. The van der Waals surface area contributed by atoms with Crippen molar-refractivity contribution >= 4 is 5.91 Å². The molecule has 0 atom stereocenters. The number of aromatic nitrogens is 2. The van der Waals surface area contributed by atoms with Crippen molar-refractivity contribution in [3.05, 3.63) is 28.9 Å². The Morgan fingerprint density at radius 1 is 1.69 bits per heavy atom. The number of aryl methyl sites for hydroxylation is 1. The smallest absolute Gasteiger partial charge is 0.347 e. The molecule has 5 heteroatoms. The topological polar surface area (TPSA) is 64.0 Å². The molecule has 0 aliphatic heterocycles. The predicted octanol–water partition coefficient (Wildman–Crippen LogP) is -0.621. The summed E-state index contributed by atoms with van der Waals surface area (Å²) in [6.07, 6.45) is 3.33. The van der Waals surface area contributed by atoms with Gasteiger partial charge in [-0.1, -0.05) is 0 Å². The van der Waals surface area contributed by atoms with Crippen molar-refractivity contribution < 1.29 is 4.79 Å². The molecule has 1 N–H and O–H groups in total. The zero-order valence-corrected chi connectivity index (χ0v) is 7.36. The monoisotopic (exact) mass is 181 g/mol. The first-order chi connectivity index (χ1) is 6.24. The number of carbonyl (C=O) groups is 1. The molecule has 0 bridgehead atoms. The first kappa shape index (κ1) is 9.44. The van der Waals surface area contributed by atoms with Gasteiger partial charge < -0.3 is 5.32 Å². The van der Waals surface area contributed by atoms with Crippen LogP contribution in [0.1, 0.15) is 6.42 Å². The summed E-state index contributed by atoms with van der Waals surface area (Å²) in [6.45, 7) is 0.367. The van der Waals surface area contributed by atoms with Crippen LogP contribution in [0.3, 0.4) is 0 Å². The Hall–Kier alpha value is -1.65. The van der Waals surface area contributed by atoms with Crippen LogP contribution in [0.2, 0.25) is 0 Å². The molecule has 13 heavy (non-hydrogen) atoms. The van der Waals surface area contributed by atoms with Gasteiger partial charge in [-0.2, -0.15) is 0 Å². The van der Waals surface area contributed by atoms with Crippen molar-refractivity contribution in [3.8, 4) is 0 Å². The number of rotatable bonds is 3. The lowest BCUT2D eigenvalue weighted by Crippen LogP contribution is -2.25. The Labute approximate surface area is 75.4 Å². The number of carbonyl (C=O) groups excluding carboxylic acids is 1. The van der Waals surface area contributed by atoms with Crippen molar-refractivity contribution in [2.75, 3.05) is 7.05 Å². The lowest BCUT2D eigenvalue weighted by Gasteiger charge is -2.02. The molecule has 70 valence electrons. The molecule has 1 aromatic heterocycles. The summed E-state index contributed by atoms with van der Waals surface area (Å²) >= 11 is 0. The largest absolute Gasteiger partial charge is 0.359 e. The third-order valence-corrected chi connectivity index (χ3v) is 1.64. The molecule has 1 rings (SSSR count). The lowest BCUT2D eigenvalue weighted by atomic mass is 10.4. The molecular formula is C8H11N3O2. The molecule has 1 heterocycles. The number of hydrogen-bond donors (Lipinski definition) is 1. The van der Waals surface area contributed by atoms with E-state index in [1.54, 1.807) is 19.3 Å². The minimum absolute atomic E-state index is 0.0873. The van der Waals surface area contributed by atoms with E-state index in [0.717, 1.165) is 0 Å². The van der Waals surface area contributed by atoms with E-state index in [9.17, 15) is 9.59 Å². The molecule has 0 radical (unpaired) electrons. The van der Waals surface area contributed by atoms with Crippen molar-refractivity contribution in [2.45, 2.75) is 13.0 Å². The highest BCUT2D eigenvalue weighted by Crippen LogP contribution is 1.85. The Balaban J connectivity index is 2.60. The van der Waals surface area contributed by atoms with Gasteiger partial charge in [0.1, 0.15) is 0 Å². The Bertz CT molecular complexity index is 345. The second kappa shape index (κ2) is 4.39. The normalized spacial score (nSPS) is 9.62. The van der Waals surface area contributed by atoms with Crippen molar-refractivity contribution in [1.29, 1.82) is 0 Å². The van der Waals surface area contributed by atoms with E-state index < -0.39 is 0 Å². The highest BCUT2D eigenvalue weighted by molar-refractivity contribution is 5.75. The van der Waals surface area contributed by atoms with Crippen molar-refractivity contribution in [2.24, 2.45) is 0 Å². The zero-order chi connectivity index (χ0) is 9.68. The highest BCUT2D eigenvalue weighted by Gasteiger charge is 1.99. The fraction of sp³-hybridized carbons (Fsp3) is 0.375. The molecule has 0 aliphatic carbocycles. The summed E-state index contributed by atoms with van der Waals surface area (Å²) in [5.74, 6) is -0.0873. The minimum Gasteiger partial charge on any atom is -0.359 e. The summed E-state index contributed by atoms with van der Waals surface area (Å²) < 4.78 is 1.40. The van der Waals surface area contributed by atoms with Gasteiger partial charge >= 0.3 is 5.69 Å². The third-order valence-electron chi connectivity index (χ3n) is 1.64. The molecule has 0 fully saturated rings. The summed E-state index contributed by atoms with van der Waals surface area (Å²) in [6, 6.07) is 1.66. The molecule has 1 amide bonds. The summed E-state index contributed by atoms with van der Waals surface area (Å²) in [5, 5.41) is 2.48. The molecule has 0 spiro atoms. The molecule has 5 nitrogen and oxygen atoms in total. The van der Waals surface area contributed by atoms with Crippen LogP contribution >= 0.6 is 0 Å². The van der Waals surface area contributed by atoms with Gasteiger partial charge in [0.15, 0.2) is 0 Å². The number of amides is 1. The summed E-state index contributed by atoms with van der Waals surface area (Å²) in [5.41, 5.74) is -0.327. The number of nitrogens with one attached hydrogen (secondary N) is 1. The standard InChI is InChI=1S/C8H11N3O2/c1-9-7(12)3-6-11-5-2-4-10-8(11)13/h2,4-5H,3,6H2,1H3,(H,9,12). The van der Waals surface area contributed by atoms with Crippen LogP contribution < -0.4 is 11.0 Å². The van der Waals surface area contributed by atoms with Crippen LogP contribution in [0.25, 0.3) is 0 Å². The molecule has 0 saturated carbocycles. The molecule has 0 saturated heterocycles. The maximum atomic E-state index is 11.0. The number of nitrogens with zero attached hydrogens (tertiary/aromatic N) is 2. The Morgan fingerprint density at radius 3 is 3.08 bits per heavy atom. The minimum atomic E-state index is -0.327. The van der Waals surface area contributed by atoms with E-state index in [2.05, 4.69) is 10.3 Å². The van der Waals surface area contributed by atoms with E-state index in [4.69, 9.17) is 0 Å². The van der Waals surface area contributed by atoms with Crippen molar-refractivity contribution in [1.82, 2.24) is 14.9 Å². The maximum absolute atomic E-state index is 11.0. The SMILES string of the molecule is CNC(=O)CCn1cccnc1=O. The average Bonchev–Trinajstić information content (AvgIpc) is 2.16. The van der Waals surface area contributed by atoms with Gasteiger partial charge in [0.05, 0.1) is 0 Å². The van der Waals surface area contributed by atoms with Gasteiger partial charge in [-0.3, -0.25) is 9.36 Å². The fourth-order valence-electron chi connectivity index (χ4n) is 0.904. The molecule has 0 aliphatic rings. The van der Waals surface area contributed by atoms with Crippen LogP contribution in [-0.4, -0.2) is 22.5 Å². The van der Waals surface area contributed by atoms with Crippen LogP contribution in [-0.2, 0) is 11.3 Å². The molecule has 1 aromatic rings. The fourth-order valence-corrected chi connectivity index (χ4v) is 0.904. The predicted molar refractivity (Wildman–Crippen MR) is 47.2 cm³/mol. The van der Waals surface area contributed by atoms with Crippen molar-refractivity contribution in [3.63, 3.8) is 0 Å². The molecule has 0 aromatic carbocycles. The van der Waals surface area contributed by atoms with E-state index in [1.807, 2.05) is 0 Å². The Kier molecular flexibility index (Phi) is 3.19. The Morgan fingerprint density at radius 2 is 2.46 bits per heavy atom. The van der Waals surface area contributed by atoms with Gasteiger partial charge in [-0.15, -0.1) is 0 Å². The summed E-state index contributed by atoms with van der Waals surface area (Å²) in [4.78, 5) is 25.4. The van der Waals surface area contributed by atoms with Gasteiger partial charge in [-0.25, -0.2) is 9.78 Å². The van der Waals surface area contributed by atoms with E-state index in [0.29, 0.717) is 13.0 Å². The molecular weight excluding hydrogens is 170 g/mol. The van der Waals surface area contributed by atoms with Crippen LogP contribution in [0.15, 0.2) is 23.3 Å². The lowest BCUT2D eigenvalue weighted by molar-refractivity contribution is -0.120. The van der Waals surface area contributed by atoms with Gasteiger partial charge in [0, 0.05) is 32.4 Å². The van der Waals surface area contributed by atoms with Gasteiger partial charge in [-0.05, 0) is 6.07 Å².